The summed E-state index contributed by atoms with van der Waals surface area (Å²) in [5.41, 5.74) is 2.97. The predicted molar refractivity (Wildman–Crippen MR) is 125 cm³/mol. The second kappa shape index (κ2) is 9.59. The zero-order chi connectivity index (χ0) is 19.5. The summed E-state index contributed by atoms with van der Waals surface area (Å²) >= 11 is 3.42. The molecule has 0 bridgehead atoms. The van der Waals surface area contributed by atoms with Crippen molar-refractivity contribution in [2.45, 2.75) is 44.7 Å². The lowest BCUT2D eigenvalue weighted by Crippen LogP contribution is -2.40. The average molecular weight is 475 g/mol. The summed E-state index contributed by atoms with van der Waals surface area (Å²) in [5.74, 6) is 0.947. The fourth-order valence-corrected chi connectivity index (χ4v) is 4.31. The highest BCUT2D eigenvalue weighted by atomic mass is 79.9. The Kier molecular flexibility index (Phi) is 7.14. The molecule has 2 aromatic carbocycles. The van der Waals surface area contributed by atoms with E-state index >= 15 is 0 Å². The molecule has 1 aromatic heterocycles. The van der Waals surface area contributed by atoms with E-state index in [1.807, 2.05) is 36.4 Å². The summed E-state index contributed by atoms with van der Waals surface area (Å²) in [6, 6.07) is 18.5. The number of rotatable bonds is 4. The zero-order valence-corrected chi connectivity index (χ0v) is 18.7. The van der Waals surface area contributed by atoms with Crippen LogP contribution in [0.15, 0.2) is 59.1 Å². The Hall–Kier alpha value is -2.11. The minimum absolute atomic E-state index is 0. The Labute approximate surface area is 186 Å². The van der Waals surface area contributed by atoms with Crippen molar-refractivity contribution < 1.29 is 4.79 Å². The lowest BCUT2D eigenvalue weighted by molar-refractivity contribution is 0.0926. The minimum Gasteiger partial charge on any atom is -0.367 e. The molecule has 1 fully saturated rings. The van der Waals surface area contributed by atoms with E-state index in [0.717, 1.165) is 41.5 Å². The number of carbonyl (C=O) groups excluding carboxylic acids is 1. The van der Waals surface area contributed by atoms with Gasteiger partial charge in [0.2, 0.25) is 0 Å². The Morgan fingerprint density at radius 1 is 1.00 bits per heavy atom. The van der Waals surface area contributed by atoms with Crippen LogP contribution in [0.4, 0.5) is 5.82 Å². The number of aromatic nitrogens is 1. The van der Waals surface area contributed by atoms with Crippen LogP contribution in [-0.2, 0) is 0 Å². The Morgan fingerprint density at radius 2 is 1.72 bits per heavy atom. The van der Waals surface area contributed by atoms with Gasteiger partial charge in [-0.2, -0.15) is 0 Å². The van der Waals surface area contributed by atoms with Gasteiger partial charge in [-0.05, 0) is 68.5 Å². The van der Waals surface area contributed by atoms with Crippen LogP contribution in [0.1, 0.15) is 41.6 Å². The second-order valence-electron chi connectivity index (χ2n) is 7.52. The quantitative estimate of drug-likeness (QED) is 0.496. The number of halogens is 2. The average Bonchev–Trinajstić information content (AvgIpc) is 2.69. The molecule has 4 nitrogen and oxygen atoms in total. The molecular weight excluding hydrogens is 450 g/mol. The zero-order valence-electron chi connectivity index (χ0n) is 16.3. The fraction of sp³-hybridized carbons (Fsp3) is 0.304. The van der Waals surface area contributed by atoms with Crippen molar-refractivity contribution in [3.05, 3.63) is 70.2 Å². The van der Waals surface area contributed by atoms with Gasteiger partial charge < -0.3 is 10.6 Å². The van der Waals surface area contributed by atoms with Crippen LogP contribution in [0.25, 0.3) is 10.9 Å². The Bertz CT molecular complexity index is 1000. The van der Waals surface area contributed by atoms with Crippen LogP contribution in [0.2, 0.25) is 0 Å². The minimum atomic E-state index is 0. The standard InChI is InChI=1S/C23H24BrN3O.ClH/c1-15-13-22(27-21-8-3-2-7-20(15)21)25-18-9-11-19(12-10-18)26-23(28)16-5-4-6-17(24)14-16;/h2-8,13-14,18-19H,9-12H2,1H3,(H,25,27)(H,26,28);1H/t18-,19+;. The van der Waals surface area contributed by atoms with Crippen molar-refractivity contribution in [3.63, 3.8) is 0 Å². The van der Waals surface area contributed by atoms with Crippen LogP contribution >= 0.6 is 28.3 Å². The highest BCUT2D eigenvalue weighted by Crippen LogP contribution is 2.25. The molecule has 0 atom stereocenters. The summed E-state index contributed by atoms with van der Waals surface area (Å²) in [5, 5.41) is 7.97. The first-order valence-electron chi connectivity index (χ1n) is 9.78. The molecule has 152 valence electrons. The van der Waals surface area contributed by atoms with Crippen molar-refractivity contribution in [1.82, 2.24) is 10.3 Å². The van der Waals surface area contributed by atoms with E-state index in [4.69, 9.17) is 4.98 Å². The van der Waals surface area contributed by atoms with Crippen molar-refractivity contribution in [2.75, 3.05) is 5.32 Å². The molecule has 4 rings (SSSR count). The Morgan fingerprint density at radius 3 is 2.48 bits per heavy atom. The van der Waals surface area contributed by atoms with Gasteiger partial charge in [0.05, 0.1) is 5.52 Å². The topological polar surface area (TPSA) is 54.0 Å². The molecule has 0 unspecified atom stereocenters. The van der Waals surface area contributed by atoms with Gasteiger partial charge in [0.1, 0.15) is 5.82 Å². The number of benzene rings is 2. The lowest BCUT2D eigenvalue weighted by Gasteiger charge is -2.30. The number of hydrogen-bond acceptors (Lipinski definition) is 3. The third-order valence-electron chi connectivity index (χ3n) is 5.42. The maximum absolute atomic E-state index is 12.4. The molecule has 1 saturated carbocycles. The largest absolute Gasteiger partial charge is 0.367 e. The van der Waals surface area contributed by atoms with Crippen molar-refractivity contribution in [3.8, 4) is 0 Å². The van der Waals surface area contributed by atoms with Gasteiger partial charge in [0, 0.05) is 27.5 Å². The molecule has 6 heteroatoms. The molecular formula is C23H25BrClN3O. The SMILES string of the molecule is Cc1cc(N[C@H]2CC[C@@H](NC(=O)c3cccc(Br)c3)CC2)nc2ccccc12.Cl. The summed E-state index contributed by atoms with van der Waals surface area (Å²) in [6.07, 6.45) is 4.00. The molecule has 1 aliphatic rings. The number of pyridine rings is 1. The molecule has 1 amide bonds. The van der Waals surface area contributed by atoms with E-state index in [0.29, 0.717) is 11.6 Å². The van der Waals surface area contributed by atoms with E-state index in [9.17, 15) is 4.79 Å². The van der Waals surface area contributed by atoms with E-state index < -0.39 is 0 Å². The van der Waals surface area contributed by atoms with Gasteiger partial charge in [0.25, 0.3) is 5.91 Å². The number of anilines is 1. The van der Waals surface area contributed by atoms with Gasteiger partial charge in [-0.1, -0.05) is 40.2 Å². The number of para-hydroxylation sites is 1. The number of amides is 1. The van der Waals surface area contributed by atoms with Crippen LogP contribution in [0.3, 0.4) is 0 Å². The number of aryl methyl sites for hydroxylation is 1. The van der Waals surface area contributed by atoms with E-state index in [-0.39, 0.29) is 24.4 Å². The third kappa shape index (κ3) is 5.28. The first kappa shape index (κ1) is 21.6. The van der Waals surface area contributed by atoms with Gasteiger partial charge in [-0.15, -0.1) is 12.4 Å². The van der Waals surface area contributed by atoms with Crippen LogP contribution < -0.4 is 10.6 Å². The molecule has 0 spiro atoms. The second-order valence-corrected chi connectivity index (χ2v) is 8.43. The molecule has 1 aliphatic carbocycles. The molecule has 29 heavy (non-hydrogen) atoms. The maximum atomic E-state index is 12.4. The Balaban J connectivity index is 0.00000240. The van der Waals surface area contributed by atoms with Crippen LogP contribution in [-0.4, -0.2) is 23.0 Å². The molecule has 0 saturated heterocycles. The molecule has 3 aromatic rings. The van der Waals surface area contributed by atoms with E-state index in [2.05, 4.69) is 51.7 Å². The lowest BCUT2D eigenvalue weighted by atomic mass is 9.91. The molecule has 2 N–H and O–H groups in total. The smallest absolute Gasteiger partial charge is 0.251 e. The summed E-state index contributed by atoms with van der Waals surface area (Å²) in [6.45, 7) is 2.13. The predicted octanol–water partition coefficient (Wildman–Crippen LogP) is 5.88. The van der Waals surface area contributed by atoms with E-state index in [1.165, 1.54) is 10.9 Å². The maximum Gasteiger partial charge on any atom is 0.251 e. The number of nitrogens with zero attached hydrogens (tertiary/aromatic N) is 1. The monoisotopic (exact) mass is 473 g/mol. The number of carbonyl (C=O) groups is 1. The molecule has 0 radical (unpaired) electrons. The van der Waals surface area contributed by atoms with Gasteiger partial charge >= 0.3 is 0 Å². The normalized spacial score (nSPS) is 18.7. The van der Waals surface area contributed by atoms with Gasteiger partial charge in [-0.25, -0.2) is 4.98 Å². The van der Waals surface area contributed by atoms with Crippen molar-refractivity contribution in [2.24, 2.45) is 0 Å². The van der Waals surface area contributed by atoms with Crippen LogP contribution in [0.5, 0.6) is 0 Å². The van der Waals surface area contributed by atoms with Crippen molar-refractivity contribution >= 4 is 51.0 Å². The summed E-state index contributed by atoms with van der Waals surface area (Å²) in [7, 11) is 0. The van der Waals surface area contributed by atoms with Crippen LogP contribution in [0, 0.1) is 6.92 Å². The van der Waals surface area contributed by atoms with Crippen molar-refractivity contribution in [1.29, 1.82) is 0 Å². The first-order valence-corrected chi connectivity index (χ1v) is 10.6. The first-order chi connectivity index (χ1) is 13.6. The number of hydrogen-bond donors (Lipinski definition) is 2. The van der Waals surface area contributed by atoms with Gasteiger partial charge in [-0.3, -0.25) is 4.79 Å². The molecule has 1 heterocycles. The fourth-order valence-electron chi connectivity index (χ4n) is 3.91. The van der Waals surface area contributed by atoms with E-state index in [1.54, 1.807) is 0 Å². The highest BCUT2D eigenvalue weighted by Gasteiger charge is 2.23. The number of nitrogens with one attached hydrogen (secondary N) is 2. The summed E-state index contributed by atoms with van der Waals surface area (Å²) < 4.78 is 0.922. The molecule has 0 aliphatic heterocycles. The van der Waals surface area contributed by atoms with Gasteiger partial charge in [0.15, 0.2) is 0 Å². The third-order valence-corrected chi connectivity index (χ3v) is 5.92. The number of fused-ring (bicyclic) bond motifs is 1. The summed E-state index contributed by atoms with van der Waals surface area (Å²) in [4.78, 5) is 17.2. The highest BCUT2D eigenvalue weighted by molar-refractivity contribution is 9.10.